The molecule has 0 aliphatic heterocycles. The minimum atomic E-state index is -3.25. The van der Waals surface area contributed by atoms with Crippen molar-refractivity contribution in [3.8, 4) is 5.75 Å². The molecule has 1 aliphatic rings. The highest BCUT2D eigenvalue weighted by atomic mass is 32.2. The van der Waals surface area contributed by atoms with Gasteiger partial charge < -0.3 is 9.84 Å². The fourth-order valence-electron chi connectivity index (χ4n) is 3.50. The summed E-state index contributed by atoms with van der Waals surface area (Å²) < 4.78 is 28.6. The van der Waals surface area contributed by atoms with E-state index in [0.29, 0.717) is 5.75 Å². The maximum absolute atomic E-state index is 11.7. The Labute approximate surface area is 164 Å². The van der Waals surface area contributed by atoms with Crippen molar-refractivity contribution in [1.82, 2.24) is 0 Å². The van der Waals surface area contributed by atoms with Crippen molar-refractivity contribution in [2.75, 3.05) is 13.4 Å². The zero-order valence-electron chi connectivity index (χ0n) is 16.2. The molecule has 0 saturated heterocycles. The molecule has 5 nitrogen and oxygen atoms in total. The molecule has 0 bridgehead atoms. The van der Waals surface area contributed by atoms with Crippen molar-refractivity contribution in [2.45, 2.75) is 18.7 Å². The maximum atomic E-state index is 11.7. The first-order chi connectivity index (χ1) is 13.1. The SMILES string of the molecule is COc1ccc2c(c1)C(C(C)C(=O)O)=C(C)C2=Cc1ccc(S(C)(=O)=O)cc1. The van der Waals surface area contributed by atoms with E-state index in [0.717, 1.165) is 33.4 Å². The zero-order valence-corrected chi connectivity index (χ0v) is 17.0. The number of carboxylic acid groups (broad SMARTS) is 1. The molecule has 0 aromatic heterocycles. The van der Waals surface area contributed by atoms with Gasteiger partial charge in [-0.2, -0.15) is 0 Å². The molecule has 0 saturated carbocycles. The molecule has 0 heterocycles. The molecular weight excluding hydrogens is 376 g/mol. The van der Waals surface area contributed by atoms with Crippen LogP contribution in [0.1, 0.15) is 30.5 Å². The van der Waals surface area contributed by atoms with E-state index in [-0.39, 0.29) is 4.90 Å². The van der Waals surface area contributed by atoms with Crippen LogP contribution in [0.15, 0.2) is 52.9 Å². The molecule has 6 heteroatoms. The quantitative estimate of drug-likeness (QED) is 0.818. The van der Waals surface area contributed by atoms with Crippen LogP contribution >= 0.6 is 0 Å². The number of methoxy groups -OCH3 is 1. The van der Waals surface area contributed by atoms with Gasteiger partial charge >= 0.3 is 5.97 Å². The first-order valence-electron chi connectivity index (χ1n) is 8.78. The van der Waals surface area contributed by atoms with Crippen LogP contribution in [-0.2, 0) is 14.6 Å². The van der Waals surface area contributed by atoms with Crippen LogP contribution in [0.5, 0.6) is 5.75 Å². The molecule has 28 heavy (non-hydrogen) atoms. The van der Waals surface area contributed by atoms with Gasteiger partial charge in [0, 0.05) is 6.26 Å². The van der Waals surface area contributed by atoms with E-state index in [2.05, 4.69) is 0 Å². The average Bonchev–Trinajstić information content (AvgIpc) is 2.91. The molecule has 0 radical (unpaired) electrons. The Morgan fingerprint density at radius 3 is 2.29 bits per heavy atom. The molecule has 3 rings (SSSR count). The lowest BCUT2D eigenvalue weighted by molar-refractivity contribution is -0.139. The minimum absolute atomic E-state index is 0.263. The van der Waals surface area contributed by atoms with Crippen molar-refractivity contribution >= 4 is 33.0 Å². The number of allylic oxidation sites excluding steroid dienone is 2. The van der Waals surface area contributed by atoms with Gasteiger partial charge in [-0.1, -0.05) is 18.2 Å². The number of aliphatic carboxylic acids is 1. The Bertz CT molecular complexity index is 1110. The van der Waals surface area contributed by atoms with E-state index in [1.165, 1.54) is 6.26 Å². The average molecular weight is 398 g/mol. The van der Waals surface area contributed by atoms with Crippen LogP contribution in [0.25, 0.3) is 17.2 Å². The third-order valence-corrected chi connectivity index (χ3v) is 6.17. The Balaban J connectivity index is 2.15. The van der Waals surface area contributed by atoms with Gasteiger partial charge in [0.2, 0.25) is 0 Å². The Morgan fingerprint density at radius 1 is 1.11 bits per heavy atom. The summed E-state index contributed by atoms with van der Waals surface area (Å²) in [7, 11) is -1.68. The van der Waals surface area contributed by atoms with Crippen molar-refractivity contribution in [2.24, 2.45) is 5.92 Å². The summed E-state index contributed by atoms with van der Waals surface area (Å²) in [6.07, 6.45) is 3.13. The van der Waals surface area contributed by atoms with Gasteiger partial charge in [0.15, 0.2) is 9.84 Å². The second-order valence-corrected chi connectivity index (χ2v) is 8.93. The molecule has 2 aromatic rings. The van der Waals surface area contributed by atoms with Gasteiger partial charge in [0.05, 0.1) is 17.9 Å². The highest BCUT2D eigenvalue weighted by molar-refractivity contribution is 7.90. The number of carbonyl (C=O) groups is 1. The predicted octanol–water partition coefficient (Wildman–Crippen LogP) is 4.15. The Hall–Kier alpha value is -2.86. The largest absolute Gasteiger partial charge is 0.497 e. The molecule has 0 amide bonds. The van der Waals surface area contributed by atoms with Crippen LogP contribution < -0.4 is 4.74 Å². The molecule has 1 unspecified atom stereocenters. The van der Waals surface area contributed by atoms with Crippen LogP contribution in [-0.4, -0.2) is 32.9 Å². The molecule has 1 N–H and O–H groups in total. The zero-order chi connectivity index (χ0) is 20.6. The van der Waals surface area contributed by atoms with Crippen molar-refractivity contribution < 1.29 is 23.1 Å². The number of ether oxygens (including phenoxy) is 1. The summed E-state index contributed by atoms with van der Waals surface area (Å²) in [4.78, 5) is 11.9. The van der Waals surface area contributed by atoms with E-state index >= 15 is 0 Å². The summed E-state index contributed by atoms with van der Waals surface area (Å²) in [5.41, 5.74) is 5.21. The van der Waals surface area contributed by atoms with Crippen LogP contribution in [0.3, 0.4) is 0 Å². The molecule has 0 fully saturated rings. The normalized spacial score (nSPS) is 16.2. The van der Waals surface area contributed by atoms with E-state index in [1.54, 1.807) is 38.3 Å². The topological polar surface area (TPSA) is 80.7 Å². The van der Waals surface area contributed by atoms with Gasteiger partial charge in [0.25, 0.3) is 0 Å². The highest BCUT2D eigenvalue weighted by Crippen LogP contribution is 2.46. The molecule has 0 spiro atoms. The number of hydrogen-bond donors (Lipinski definition) is 1. The van der Waals surface area contributed by atoms with Crippen molar-refractivity contribution in [3.63, 3.8) is 0 Å². The fraction of sp³-hybridized carbons (Fsp3) is 0.227. The number of rotatable bonds is 5. The van der Waals surface area contributed by atoms with E-state index in [9.17, 15) is 18.3 Å². The lowest BCUT2D eigenvalue weighted by Crippen LogP contribution is -2.11. The number of carboxylic acids is 1. The van der Waals surface area contributed by atoms with Gasteiger partial charge in [-0.05, 0) is 77.6 Å². The summed E-state index contributed by atoms with van der Waals surface area (Å²) in [6.45, 7) is 3.59. The third kappa shape index (κ3) is 3.60. The number of benzene rings is 2. The van der Waals surface area contributed by atoms with Crippen LogP contribution in [0.4, 0.5) is 0 Å². The van der Waals surface area contributed by atoms with E-state index in [4.69, 9.17) is 4.74 Å². The second kappa shape index (κ2) is 7.28. The van der Waals surface area contributed by atoms with Crippen molar-refractivity contribution in [3.05, 3.63) is 64.7 Å². The summed E-state index contributed by atoms with van der Waals surface area (Å²) in [5.74, 6) is -0.883. The molecule has 146 valence electrons. The lowest BCUT2D eigenvalue weighted by atomic mass is 9.93. The highest BCUT2D eigenvalue weighted by Gasteiger charge is 2.30. The van der Waals surface area contributed by atoms with Gasteiger partial charge in [-0.3, -0.25) is 4.79 Å². The van der Waals surface area contributed by atoms with Crippen LogP contribution in [0, 0.1) is 5.92 Å². The summed E-state index contributed by atoms with van der Waals surface area (Å²) in [5, 5.41) is 9.55. The lowest BCUT2D eigenvalue weighted by Gasteiger charge is -2.12. The predicted molar refractivity (Wildman–Crippen MR) is 110 cm³/mol. The Morgan fingerprint density at radius 2 is 1.75 bits per heavy atom. The molecule has 1 atom stereocenters. The van der Waals surface area contributed by atoms with Gasteiger partial charge in [-0.15, -0.1) is 0 Å². The first-order valence-corrected chi connectivity index (χ1v) is 10.7. The van der Waals surface area contributed by atoms with Gasteiger partial charge in [0.1, 0.15) is 5.75 Å². The van der Waals surface area contributed by atoms with Crippen LogP contribution in [0.2, 0.25) is 0 Å². The van der Waals surface area contributed by atoms with E-state index < -0.39 is 21.7 Å². The third-order valence-electron chi connectivity index (χ3n) is 5.04. The number of fused-ring (bicyclic) bond motifs is 1. The summed E-state index contributed by atoms with van der Waals surface area (Å²) >= 11 is 0. The number of sulfone groups is 1. The minimum Gasteiger partial charge on any atom is -0.497 e. The number of hydrogen-bond acceptors (Lipinski definition) is 4. The monoisotopic (exact) mass is 398 g/mol. The fourth-order valence-corrected chi connectivity index (χ4v) is 4.13. The first kappa shape index (κ1) is 19.9. The van der Waals surface area contributed by atoms with Crippen molar-refractivity contribution in [1.29, 1.82) is 0 Å². The molecule has 1 aliphatic carbocycles. The molecular formula is C22H22O5S. The smallest absolute Gasteiger partial charge is 0.310 e. The van der Waals surface area contributed by atoms with Gasteiger partial charge in [-0.25, -0.2) is 8.42 Å². The maximum Gasteiger partial charge on any atom is 0.310 e. The van der Waals surface area contributed by atoms with E-state index in [1.807, 2.05) is 31.2 Å². The molecule has 2 aromatic carbocycles. The standard InChI is InChI=1S/C22H22O5S/c1-13-19(11-15-5-8-17(9-6-15)28(4,25)26)18-10-7-16(27-3)12-20(18)21(13)14(2)22(23)24/h5-12,14H,1-4H3,(H,23,24). The Kier molecular flexibility index (Phi) is 5.17. The summed E-state index contributed by atoms with van der Waals surface area (Å²) in [6, 6.07) is 12.3. The second-order valence-electron chi connectivity index (χ2n) is 6.91.